The van der Waals surface area contributed by atoms with Gasteiger partial charge in [-0.1, -0.05) is 66.2 Å². The molecule has 0 unspecified atom stereocenters. The van der Waals surface area contributed by atoms with E-state index >= 15 is 0 Å². The quantitative estimate of drug-likeness (QED) is 0.766. The summed E-state index contributed by atoms with van der Waals surface area (Å²) in [5, 5.41) is 13.9. The lowest BCUT2D eigenvalue weighted by molar-refractivity contribution is 0.374. The Morgan fingerprint density at radius 3 is 2.48 bits per heavy atom. The molecule has 0 heterocycles. The fourth-order valence-electron chi connectivity index (χ4n) is 2.74. The lowest BCUT2D eigenvalue weighted by Gasteiger charge is -2.22. The number of benzene rings is 1. The highest BCUT2D eigenvalue weighted by molar-refractivity contribution is 6.66. The van der Waals surface area contributed by atoms with Gasteiger partial charge < -0.3 is 10.4 Å². The predicted octanol–water partition coefficient (Wildman–Crippen LogP) is 5.20. The average molecular weight is 349 g/mol. The van der Waals surface area contributed by atoms with Crippen LogP contribution in [0.25, 0.3) is 5.03 Å². The van der Waals surface area contributed by atoms with Crippen molar-refractivity contribution < 1.29 is 5.11 Å². The van der Waals surface area contributed by atoms with Gasteiger partial charge in [0, 0.05) is 6.04 Å². The number of halogens is 3. The minimum absolute atomic E-state index is 0.00258. The zero-order valence-electron chi connectivity index (χ0n) is 11.8. The van der Waals surface area contributed by atoms with Gasteiger partial charge in [-0.15, -0.1) is 0 Å². The molecule has 0 atom stereocenters. The third-order valence-electron chi connectivity index (χ3n) is 3.94. The van der Waals surface area contributed by atoms with Crippen LogP contribution < -0.4 is 5.32 Å². The Morgan fingerprint density at radius 1 is 1.14 bits per heavy atom. The van der Waals surface area contributed by atoms with Gasteiger partial charge in [0.05, 0.1) is 5.03 Å². The summed E-state index contributed by atoms with van der Waals surface area (Å²) in [7, 11) is 0. The highest BCUT2D eigenvalue weighted by Gasteiger charge is 2.13. The van der Waals surface area contributed by atoms with Crippen molar-refractivity contribution in [3.63, 3.8) is 0 Å². The third-order valence-corrected chi connectivity index (χ3v) is 4.92. The van der Waals surface area contributed by atoms with Crippen LogP contribution in [0, 0.1) is 0 Å². The number of nitrogens with one attached hydrogen (secondary N) is 1. The van der Waals surface area contributed by atoms with E-state index in [0.717, 1.165) is 18.5 Å². The van der Waals surface area contributed by atoms with E-state index in [9.17, 15) is 5.11 Å². The largest absolute Gasteiger partial charge is 0.508 e. The topological polar surface area (TPSA) is 32.3 Å². The fraction of sp³-hybridized carbons (Fsp3) is 0.500. The van der Waals surface area contributed by atoms with Crippen molar-refractivity contribution in [2.75, 3.05) is 6.54 Å². The second-order valence-corrected chi connectivity index (χ2v) is 6.78. The summed E-state index contributed by atoms with van der Waals surface area (Å²) >= 11 is 17.3. The van der Waals surface area contributed by atoms with Crippen molar-refractivity contribution in [2.45, 2.75) is 44.6 Å². The maximum absolute atomic E-state index is 10.1. The maximum atomic E-state index is 10.1. The van der Waals surface area contributed by atoms with E-state index in [0.29, 0.717) is 11.6 Å². The summed E-state index contributed by atoms with van der Waals surface area (Å²) in [6.07, 6.45) is 7.32. The summed E-state index contributed by atoms with van der Waals surface area (Å²) in [4.78, 5) is 0. The molecule has 1 aliphatic carbocycles. The molecule has 2 rings (SSSR count). The van der Waals surface area contributed by atoms with E-state index < -0.39 is 0 Å². The van der Waals surface area contributed by atoms with Gasteiger partial charge in [0.1, 0.15) is 10.2 Å². The smallest absolute Gasteiger partial charge is 0.126 e. The van der Waals surface area contributed by atoms with E-state index in [4.69, 9.17) is 34.8 Å². The monoisotopic (exact) mass is 347 g/mol. The third kappa shape index (κ3) is 5.07. The normalized spacial score (nSPS) is 16.0. The van der Waals surface area contributed by atoms with Gasteiger partial charge in [-0.05, 0) is 43.0 Å². The predicted molar refractivity (Wildman–Crippen MR) is 91.2 cm³/mol. The highest BCUT2D eigenvalue weighted by Crippen LogP contribution is 2.31. The first-order valence-electron chi connectivity index (χ1n) is 7.34. The SMILES string of the molecule is Oc1cc(C(Cl)=C(Cl)Cl)ccc1CCNC1CCCCC1. The molecule has 0 spiro atoms. The standard InChI is InChI=1S/C16H20Cl3NO/c17-15(16(18)19)12-7-6-11(14(21)10-12)8-9-20-13-4-2-1-3-5-13/h6-7,10,13,20-21H,1-5,8-9H2. The first-order chi connectivity index (χ1) is 10.1. The first kappa shape index (κ1) is 17.0. The average Bonchev–Trinajstić information content (AvgIpc) is 2.49. The van der Waals surface area contributed by atoms with Crippen molar-refractivity contribution in [3.8, 4) is 5.75 Å². The van der Waals surface area contributed by atoms with Crippen LogP contribution in [0.15, 0.2) is 22.7 Å². The molecule has 0 radical (unpaired) electrons. The van der Waals surface area contributed by atoms with Gasteiger partial charge in [-0.3, -0.25) is 0 Å². The molecule has 1 fully saturated rings. The molecule has 0 amide bonds. The Morgan fingerprint density at radius 2 is 1.86 bits per heavy atom. The molecule has 0 bridgehead atoms. The molecule has 116 valence electrons. The van der Waals surface area contributed by atoms with E-state index in [2.05, 4.69) is 5.32 Å². The Hall–Kier alpha value is -0.410. The molecule has 2 nitrogen and oxygen atoms in total. The molecular formula is C16H20Cl3NO. The second kappa shape index (κ2) is 8.28. The Bertz CT molecular complexity index is 506. The Labute approximate surface area is 141 Å². The number of rotatable bonds is 5. The molecule has 21 heavy (non-hydrogen) atoms. The summed E-state index contributed by atoms with van der Waals surface area (Å²) in [6.45, 7) is 0.872. The molecule has 0 aromatic heterocycles. The van der Waals surface area contributed by atoms with Gasteiger partial charge >= 0.3 is 0 Å². The lowest BCUT2D eigenvalue weighted by Crippen LogP contribution is -2.32. The molecule has 1 aliphatic rings. The molecule has 0 saturated heterocycles. The molecule has 1 aromatic carbocycles. The van der Waals surface area contributed by atoms with Crippen molar-refractivity contribution in [2.24, 2.45) is 0 Å². The fourth-order valence-corrected chi connectivity index (χ4v) is 3.07. The molecule has 1 saturated carbocycles. The Kier molecular flexibility index (Phi) is 6.69. The van der Waals surface area contributed by atoms with Crippen LogP contribution in [-0.4, -0.2) is 17.7 Å². The van der Waals surface area contributed by atoms with Crippen molar-refractivity contribution in [1.29, 1.82) is 0 Å². The highest BCUT2D eigenvalue weighted by atomic mass is 35.5. The zero-order valence-corrected chi connectivity index (χ0v) is 14.1. The summed E-state index contributed by atoms with van der Waals surface area (Å²) in [5.74, 6) is 0.227. The van der Waals surface area contributed by atoms with Crippen molar-refractivity contribution >= 4 is 39.8 Å². The summed E-state index contributed by atoms with van der Waals surface area (Å²) in [5.41, 5.74) is 1.52. The second-order valence-electron chi connectivity index (χ2n) is 5.46. The van der Waals surface area contributed by atoms with Crippen molar-refractivity contribution in [1.82, 2.24) is 5.32 Å². The molecule has 2 N–H and O–H groups in total. The maximum Gasteiger partial charge on any atom is 0.126 e. The van der Waals surface area contributed by atoms with E-state index in [1.54, 1.807) is 6.07 Å². The van der Waals surface area contributed by atoms with Crippen LogP contribution in [-0.2, 0) is 6.42 Å². The van der Waals surface area contributed by atoms with Gasteiger partial charge in [-0.2, -0.15) is 0 Å². The number of phenolic OH excluding ortho intramolecular Hbond substituents is 1. The van der Waals surface area contributed by atoms with Crippen LogP contribution >= 0.6 is 34.8 Å². The van der Waals surface area contributed by atoms with Gasteiger partial charge in [0.25, 0.3) is 0 Å². The van der Waals surface area contributed by atoms with Gasteiger partial charge in [0.15, 0.2) is 0 Å². The Balaban J connectivity index is 1.90. The minimum atomic E-state index is 0.00258. The number of aromatic hydroxyl groups is 1. The van der Waals surface area contributed by atoms with Crippen LogP contribution in [0.3, 0.4) is 0 Å². The zero-order chi connectivity index (χ0) is 15.2. The summed E-state index contributed by atoms with van der Waals surface area (Å²) < 4.78 is 0.00258. The minimum Gasteiger partial charge on any atom is -0.508 e. The molecule has 5 heteroatoms. The van der Waals surface area contributed by atoms with Gasteiger partial charge in [-0.25, -0.2) is 0 Å². The number of hydrogen-bond donors (Lipinski definition) is 2. The van der Waals surface area contributed by atoms with E-state index in [-0.39, 0.29) is 15.3 Å². The number of phenols is 1. The lowest BCUT2D eigenvalue weighted by atomic mass is 9.95. The first-order valence-corrected chi connectivity index (χ1v) is 8.47. The van der Waals surface area contributed by atoms with E-state index in [1.165, 1.54) is 32.1 Å². The summed E-state index contributed by atoms with van der Waals surface area (Å²) in [6, 6.07) is 5.92. The van der Waals surface area contributed by atoms with Crippen LogP contribution in [0.2, 0.25) is 0 Å². The molecule has 0 aliphatic heterocycles. The number of hydrogen-bond acceptors (Lipinski definition) is 2. The van der Waals surface area contributed by atoms with Crippen LogP contribution in [0.5, 0.6) is 5.75 Å². The van der Waals surface area contributed by atoms with E-state index in [1.807, 2.05) is 12.1 Å². The van der Waals surface area contributed by atoms with Crippen molar-refractivity contribution in [3.05, 3.63) is 33.8 Å². The van der Waals surface area contributed by atoms with Gasteiger partial charge in [0.2, 0.25) is 0 Å². The molecule has 1 aromatic rings. The van der Waals surface area contributed by atoms with Crippen LogP contribution in [0.4, 0.5) is 0 Å². The molecular weight excluding hydrogens is 329 g/mol. The van der Waals surface area contributed by atoms with Crippen LogP contribution in [0.1, 0.15) is 43.2 Å².